The van der Waals surface area contributed by atoms with E-state index in [4.69, 9.17) is 5.11 Å². The van der Waals surface area contributed by atoms with Gasteiger partial charge in [-0.3, -0.25) is 14.7 Å². The monoisotopic (exact) mass is 332 g/mol. The molecule has 0 bridgehead atoms. The van der Waals surface area contributed by atoms with Crippen molar-refractivity contribution in [1.29, 1.82) is 0 Å². The first-order valence-corrected chi connectivity index (χ1v) is 6.04. The largest absolute Gasteiger partial charge is 0.477 e. The van der Waals surface area contributed by atoms with Crippen LogP contribution in [0.4, 0.5) is 17.6 Å². The molecule has 0 unspecified atom stereocenters. The number of aromatic nitrogens is 2. The fourth-order valence-electron chi connectivity index (χ4n) is 1.90. The highest BCUT2D eigenvalue weighted by Gasteiger charge is 2.34. The minimum atomic E-state index is -4.93. The summed E-state index contributed by atoms with van der Waals surface area (Å²) in [5.74, 6) is -4.04. The van der Waals surface area contributed by atoms with Crippen molar-refractivity contribution in [2.75, 3.05) is 0 Å². The lowest BCUT2D eigenvalue weighted by molar-refractivity contribution is -0.140. The molecule has 0 aliphatic rings. The average Bonchev–Trinajstić information content (AvgIpc) is 2.82. The molecule has 1 heterocycles. The van der Waals surface area contributed by atoms with Crippen LogP contribution >= 0.6 is 0 Å². The molecule has 0 saturated heterocycles. The van der Waals surface area contributed by atoms with Gasteiger partial charge in [-0.05, 0) is 17.7 Å². The minimum absolute atomic E-state index is 0.186. The zero-order chi connectivity index (χ0) is 17.4. The van der Waals surface area contributed by atoms with E-state index in [9.17, 15) is 31.9 Å². The maximum absolute atomic E-state index is 13.2. The molecule has 0 amide bonds. The molecule has 0 aliphatic heterocycles. The van der Waals surface area contributed by atoms with Crippen molar-refractivity contribution in [3.8, 4) is 0 Å². The van der Waals surface area contributed by atoms with E-state index >= 15 is 0 Å². The van der Waals surface area contributed by atoms with Gasteiger partial charge in [0.15, 0.2) is 5.69 Å². The number of nitrogens with one attached hydrogen (secondary N) is 1. The number of halogens is 4. The second-order valence-electron chi connectivity index (χ2n) is 4.53. The van der Waals surface area contributed by atoms with Gasteiger partial charge in [0.2, 0.25) is 5.91 Å². The average molecular weight is 332 g/mol. The molecular weight excluding hydrogens is 324 g/mol. The Morgan fingerprint density at radius 1 is 1.22 bits per heavy atom. The highest BCUT2D eigenvalue weighted by atomic mass is 19.4. The lowest BCUT2D eigenvalue weighted by atomic mass is 10.1. The number of carboxylic acid groups (broad SMARTS) is 1. The molecule has 10 heteroatoms. The van der Waals surface area contributed by atoms with E-state index in [0.717, 1.165) is 6.07 Å². The number of H-pyrrole nitrogens is 1. The highest BCUT2D eigenvalue weighted by molar-refractivity contribution is 5.92. The van der Waals surface area contributed by atoms with Crippen LogP contribution in [0.2, 0.25) is 0 Å². The number of carboxylic acids is 1. The predicted molar refractivity (Wildman–Crippen MR) is 67.7 cm³/mol. The Labute approximate surface area is 124 Å². The second-order valence-corrected chi connectivity index (χ2v) is 4.53. The van der Waals surface area contributed by atoms with Crippen molar-refractivity contribution in [3.63, 3.8) is 0 Å². The number of hydrogen-bond acceptors (Lipinski definition) is 3. The van der Waals surface area contributed by atoms with Gasteiger partial charge in [0.25, 0.3) is 5.56 Å². The lowest BCUT2D eigenvalue weighted by Gasteiger charge is -2.10. The standard InChI is InChI=1S/C13H8F4N2O4/c14-8-2-1-6(3-7(8)13(15,16)17)4-11(21)19-9(12(22)23)5-10(20)18-19/h1-3,5H,4H2,(H,18,20)(H,22,23). The number of benzene rings is 1. The summed E-state index contributed by atoms with van der Waals surface area (Å²) < 4.78 is 51.4. The number of alkyl halides is 3. The number of aromatic amines is 1. The normalized spacial score (nSPS) is 11.5. The summed E-state index contributed by atoms with van der Waals surface area (Å²) in [4.78, 5) is 34.0. The molecule has 0 aliphatic carbocycles. The Hall–Kier alpha value is -2.91. The number of carbonyl (C=O) groups excluding carboxylic acids is 1. The van der Waals surface area contributed by atoms with Crippen LogP contribution in [0.15, 0.2) is 29.1 Å². The third kappa shape index (κ3) is 3.47. The van der Waals surface area contributed by atoms with Crippen molar-refractivity contribution < 1.29 is 32.3 Å². The van der Waals surface area contributed by atoms with E-state index in [2.05, 4.69) is 0 Å². The molecule has 6 nitrogen and oxygen atoms in total. The van der Waals surface area contributed by atoms with Crippen LogP contribution in [-0.2, 0) is 12.6 Å². The van der Waals surface area contributed by atoms with Gasteiger partial charge < -0.3 is 5.11 Å². The van der Waals surface area contributed by atoms with E-state index < -0.39 is 47.1 Å². The molecule has 122 valence electrons. The zero-order valence-corrected chi connectivity index (χ0v) is 11.1. The second kappa shape index (κ2) is 5.71. The summed E-state index contributed by atoms with van der Waals surface area (Å²) in [6.07, 6.45) is -5.59. The number of carbonyl (C=O) groups is 2. The van der Waals surface area contributed by atoms with Crippen molar-refractivity contribution in [2.24, 2.45) is 0 Å². The van der Waals surface area contributed by atoms with Gasteiger partial charge in [0.1, 0.15) is 5.82 Å². The molecule has 23 heavy (non-hydrogen) atoms. The molecule has 0 atom stereocenters. The first kappa shape index (κ1) is 16.5. The molecule has 1 aromatic heterocycles. The van der Waals surface area contributed by atoms with Gasteiger partial charge in [-0.25, -0.2) is 13.9 Å². The van der Waals surface area contributed by atoms with Crippen LogP contribution in [0.5, 0.6) is 0 Å². The van der Waals surface area contributed by atoms with E-state index in [0.29, 0.717) is 22.9 Å². The summed E-state index contributed by atoms with van der Waals surface area (Å²) >= 11 is 0. The number of hydrogen-bond donors (Lipinski definition) is 2. The first-order valence-electron chi connectivity index (χ1n) is 6.04. The summed E-state index contributed by atoms with van der Waals surface area (Å²) in [5, 5.41) is 10.8. The van der Waals surface area contributed by atoms with Crippen LogP contribution in [0.25, 0.3) is 0 Å². The summed E-state index contributed by atoms with van der Waals surface area (Å²) in [5.41, 5.74) is -3.24. The summed E-state index contributed by atoms with van der Waals surface area (Å²) in [7, 11) is 0. The smallest absolute Gasteiger partial charge is 0.419 e. The molecule has 0 spiro atoms. The molecule has 0 fully saturated rings. The Morgan fingerprint density at radius 3 is 2.43 bits per heavy atom. The topological polar surface area (TPSA) is 92.2 Å². The van der Waals surface area contributed by atoms with Crippen LogP contribution in [0.3, 0.4) is 0 Å². The van der Waals surface area contributed by atoms with Crippen molar-refractivity contribution in [3.05, 3.63) is 57.3 Å². The zero-order valence-electron chi connectivity index (χ0n) is 11.1. The van der Waals surface area contributed by atoms with Crippen LogP contribution < -0.4 is 5.56 Å². The van der Waals surface area contributed by atoms with E-state index in [1.165, 1.54) is 0 Å². The molecular formula is C13H8F4N2O4. The Morgan fingerprint density at radius 2 is 1.87 bits per heavy atom. The number of aromatic carboxylic acids is 1. The Balaban J connectivity index is 2.35. The third-order valence-corrected chi connectivity index (χ3v) is 2.89. The number of nitrogens with zero attached hydrogens (tertiary/aromatic N) is 1. The van der Waals surface area contributed by atoms with Crippen molar-refractivity contribution >= 4 is 11.9 Å². The predicted octanol–water partition coefficient (Wildman–Crippen LogP) is 1.92. The molecule has 2 N–H and O–H groups in total. The molecule has 2 aromatic rings. The Bertz CT molecular complexity index is 835. The molecule has 0 radical (unpaired) electrons. The van der Waals surface area contributed by atoms with Crippen molar-refractivity contribution in [1.82, 2.24) is 9.78 Å². The summed E-state index contributed by atoms with van der Waals surface area (Å²) in [6, 6.07) is 2.63. The fourth-order valence-corrected chi connectivity index (χ4v) is 1.90. The van der Waals surface area contributed by atoms with Crippen molar-refractivity contribution in [2.45, 2.75) is 12.6 Å². The quantitative estimate of drug-likeness (QED) is 0.840. The maximum Gasteiger partial charge on any atom is 0.419 e. The van der Waals surface area contributed by atoms with Crippen LogP contribution in [-0.4, -0.2) is 26.8 Å². The van der Waals surface area contributed by atoms with E-state index in [1.807, 2.05) is 5.10 Å². The minimum Gasteiger partial charge on any atom is -0.477 e. The van der Waals surface area contributed by atoms with E-state index in [-0.39, 0.29) is 5.56 Å². The van der Waals surface area contributed by atoms with Gasteiger partial charge in [0, 0.05) is 6.07 Å². The maximum atomic E-state index is 13.2. The fraction of sp³-hybridized carbons (Fsp3) is 0.154. The van der Waals surface area contributed by atoms with Gasteiger partial charge in [-0.1, -0.05) is 6.07 Å². The SMILES string of the molecule is O=C(O)c1cc(=O)[nH]n1C(=O)Cc1ccc(F)c(C(F)(F)F)c1. The number of rotatable bonds is 3. The van der Waals surface area contributed by atoms with Crippen LogP contribution in [0.1, 0.15) is 26.4 Å². The van der Waals surface area contributed by atoms with Gasteiger partial charge in [-0.2, -0.15) is 13.2 Å². The van der Waals surface area contributed by atoms with Gasteiger partial charge in [-0.15, -0.1) is 0 Å². The third-order valence-electron chi connectivity index (χ3n) is 2.89. The highest BCUT2D eigenvalue weighted by Crippen LogP contribution is 2.32. The molecule has 0 saturated carbocycles. The van der Waals surface area contributed by atoms with E-state index in [1.54, 1.807) is 0 Å². The Kier molecular flexibility index (Phi) is 4.08. The van der Waals surface area contributed by atoms with Crippen LogP contribution in [0, 0.1) is 5.82 Å². The van der Waals surface area contributed by atoms with Gasteiger partial charge >= 0.3 is 12.1 Å². The summed E-state index contributed by atoms with van der Waals surface area (Å²) in [6.45, 7) is 0. The molecule has 2 rings (SSSR count). The molecule has 1 aromatic carbocycles. The lowest BCUT2D eigenvalue weighted by Crippen LogP contribution is -2.21. The first-order chi connectivity index (χ1) is 10.6. The van der Waals surface area contributed by atoms with Gasteiger partial charge in [0.05, 0.1) is 12.0 Å².